The van der Waals surface area contributed by atoms with Crippen molar-refractivity contribution in [3.63, 3.8) is 0 Å². The first kappa shape index (κ1) is 37.7. The Morgan fingerprint density at radius 3 is 0.719 bits per heavy atom. The van der Waals surface area contributed by atoms with Gasteiger partial charge in [-0.25, -0.2) is 0 Å². The van der Waals surface area contributed by atoms with Crippen LogP contribution < -0.4 is 0 Å². The first-order chi connectivity index (χ1) is 31.4. The molecule has 11 aromatic rings. The van der Waals surface area contributed by atoms with Gasteiger partial charge in [-0.15, -0.1) is 0 Å². The third kappa shape index (κ3) is 6.54. The molecule has 0 aromatic heterocycles. The fraction of sp³-hybridized carbons (Fsp3) is 0. The predicted molar refractivity (Wildman–Crippen MR) is 261 cm³/mol. The van der Waals surface area contributed by atoms with Gasteiger partial charge in [0.2, 0.25) is 0 Å². The van der Waals surface area contributed by atoms with E-state index in [1.165, 1.54) is 0 Å². The molecule has 0 radical (unpaired) electrons. The number of hydrogen-bond donors (Lipinski definition) is 4. The summed E-state index contributed by atoms with van der Waals surface area (Å²) in [5.74, 6) is -0.253. The maximum Gasteiger partial charge on any atom is 0.139 e. The van der Waals surface area contributed by atoms with E-state index in [-0.39, 0.29) is 23.0 Å². The molecule has 0 fully saturated rings. The van der Waals surface area contributed by atoms with E-state index in [1.54, 1.807) is 0 Å². The van der Waals surface area contributed by atoms with Crippen LogP contribution in [0.25, 0.3) is 108 Å². The highest BCUT2D eigenvalue weighted by atomic mass is 16.3. The number of phenolic OH excluding ortho intramolecular Hbond substituents is 4. The van der Waals surface area contributed by atoms with Gasteiger partial charge in [-0.1, -0.05) is 158 Å². The fourth-order valence-corrected chi connectivity index (χ4v) is 8.65. The van der Waals surface area contributed by atoms with Crippen molar-refractivity contribution in [3.8, 4) is 23.0 Å². The Hall–Kier alpha value is -9.32. The quantitative estimate of drug-likeness (QED) is 0.123. The van der Waals surface area contributed by atoms with Crippen LogP contribution in [0.3, 0.4) is 0 Å². The summed E-state index contributed by atoms with van der Waals surface area (Å²) >= 11 is 0. The minimum absolute atomic E-state index is 0.0633. The van der Waals surface area contributed by atoms with E-state index in [1.807, 2.05) is 170 Å². The van der Waals surface area contributed by atoms with Crippen molar-refractivity contribution in [2.75, 3.05) is 0 Å². The van der Waals surface area contributed by atoms with E-state index in [9.17, 15) is 20.4 Å². The van der Waals surface area contributed by atoms with E-state index in [2.05, 4.69) is 48.5 Å². The zero-order valence-corrected chi connectivity index (χ0v) is 34.0. The monoisotopic (exact) mass is 816 g/mol. The van der Waals surface area contributed by atoms with Gasteiger partial charge in [-0.2, -0.15) is 0 Å². The summed E-state index contributed by atoms with van der Waals surface area (Å²) in [5, 5.41) is 61.1. The van der Waals surface area contributed by atoms with Gasteiger partial charge in [0.1, 0.15) is 23.0 Å². The molecule has 64 heavy (non-hydrogen) atoms. The molecular weight excluding hydrogens is 785 g/mol. The second kappa shape index (κ2) is 15.3. The second-order valence-electron chi connectivity index (χ2n) is 15.6. The number of benzene rings is 10. The lowest BCUT2D eigenvalue weighted by atomic mass is 9.96. The lowest BCUT2D eigenvalue weighted by Gasteiger charge is -2.10. The van der Waals surface area contributed by atoms with Gasteiger partial charge in [0, 0.05) is 43.1 Å². The molecule has 296 valence electrons. The Bertz CT molecular complexity index is 3500. The summed E-state index contributed by atoms with van der Waals surface area (Å²) in [7, 11) is 0. The first-order valence-electron chi connectivity index (χ1n) is 20.7. The van der Waals surface area contributed by atoms with Crippen LogP contribution in [-0.2, 0) is 0 Å². The average Bonchev–Trinajstić information content (AvgIpc) is 3.32. The van der Waals surface area contributed by atoms with Crippen LogP contribution in [-0.4, -0.2) is 20.4 Å². The maximum absolute atomic E-state index is 12.2. The van der Waals surface area contributed by atoms with Gasteiger partial charge in [-0.05, 0) is 104 Å². The van der Waals surface area contributed by atoms with Gasteiger partial charge >= 0.3 is 0 Å². The van der Waals surface area contributed by atoms with Gasteiger partial charge in [0.15, 0.2) is 0 Å². The Morgan fingerprint density at radius 1 is 0.234 bits per heavy atom. The number of aromatic hydroxyl groups is 4. The van der Waals surface area contributed by atoms with E-state index in [4.69, 9.17) is 0 Å². The Kier molecular flexibility index (Phi) is 9.00. The smallest absolute Gasteiger partial charge is 0.139 e. The Morgan fingerprint density at radius 2 is 0.469 bits per heavy atom. The molecular formula is C60H32O4. The largest absolute Gasteiger partial charge is 0.506 e. The molecule has 4 N–H and O–H groups in total. The average molecular weight is 817 g/mol. The molecule has 11 aromatic carbocycles. The van der Waals surface area contributed by atoms with Crippen LogP contribution in [0.5, 0.6) is 23.0 Å². The molecule has 0 saturated carbocycles. The van der Waals surface area contributed by atoms with Crippen molar-refractivity contribution in [1.82, 2.24) is 0 Å². The molecule has 0 amide bonds. The van der Waals surface area contributed by atoms with Crippen molar-refractivity contribution in [2.24, 2.45) is 0 Å². The summed E-state index contributed by atoms with van der Waals surface area (Å²) in [5.41, 5.74) is 0. The van der Waals surface area contributed by atoms with Gasteiger partial charge < -0.3 is 20.4 Å². The molecule has 4 nitrogen and oxygen atoms in total. The molecule has 0 aliphatic rings. The fourth-order valence-electron chi connectivity index (χ4n) is 8.65. The highest BCUT2D eigenvalue weighted by Gasteiger charge is 2.16. The Labute approximate surface area is 368 Å². The number of fused-ring (bicyclic) bond motifs is 22. The zero-order valence-electron chi connectivity index (χ0n) is 34.0. The van der Waals surface area contributed by atoms with Gasteiger partial charge in [-0.3, -0.25) is 0 Å². The molecule has 0 aliphatic heterocycles. The summed E-state index contributed by atoms with van der Waals surface area (Å²) in [6, 6.07) is 79.1. The van der Waals surface area contributed by atoms with Crippen molar-refractivity contribution >= 4 is 108 Å². The molecule has 0 aliphatic carbocycles. The first-order valence-corrected chi connectivity index (χ1v) is 20.7. The van der Waals surface area contributed by atoms with Crippen molar-refractivity contribution in [2.45, 2.75) is 0 Å². The van der Waals surface area contributed by atoms with E-state index >= 15 is 0 Å². The number of hydrogen-bond acceptors (Lipinski definition) is 4. The zero-order chi connectivity index (χ0) is 43.3. The van der Waals surface area contributed by atoms with Crippen LogP contribution in [0.4, 0.5) is 0 Å². The van der Waals surface area contributed by atoms with Gasteiger partial charge in [0.05, 0.1) is 21.5 Å². The molecule has 0 unspecified atom stereocenters. The highest BCUT2D eigenvalue weighted by Crippen LogP contribution is 2.44. The van der Waals surface area contributed by atoms with E-state index in [0.29, 0.717) is 64.6 Å². The van der Waals surface area contributed by atoms with Crippen LogP contribution in [0, 0.1) is 48.5 Å². The molecule has 12 bridgehead atoms. The topological polar surface area (TPSA) is 80.9 Å². The van der Waals surface area contributed by atoms with Crippen LogP contribution >= 0.6 is 0 Å². The minimum Gasteiger partial charge on any atom is -0.506 e. The molecule has 0 spiro atoms. The number of rotatable bonds is 0. The van der Waals surface area contributed by atoms with Crippen LogP contribution in [0.1, 0.15) is 0 Å². The standard InChI is InChI=1S/C60H32O4/c61-57-45-27-23-37-11-9-12-38(31-37)25-29-47-35-43-17-3-7-21-51(43)55(59(47)63)56-52-22-8-4-18-44(52)36-48(60(56)64)30-26-40-14-10-13-39(32-40)24-28-46-34-42-16-2-6-20-50(42)54(58(46)62)53(57)49-19-5-1-15-41(49)33-45/h1-22,31-36,61-64H. The third-order valence-corrected chi connectivity index (χ3v) is 11.7. The lowest BCUT2D eigenvalue weighted by molar-refractivity contribution is 0.483. The summed E-state index contributed by atoms with van der Waals surface area (Å²) in [6.45, 7) is 0. The summed E-state index contributed by atoms with van der Waals surface area (Å²) in [4.78, 5) is 0. The maximum atomic E-state index is 12.2. The molecule has 11 rings (SSSR count). The third-order valence-electron chi connectivity index (χ3n) is 11.7. The second-order valence-corrected chi connectivity index (χ2v) is 15.6. The van der Waals surface area contributed by atoms with Crippen molar-refractivity contribution in [3.05, 3.63) is 218 Å². The summed E-state index contributed by atoms with van der Waals surface area (Å²) in [6.07, 6.45) is 0. The minimum atomic E-state index is -0.0633. The van der Waals surface area contributed by atoms with Crippen molar-refractivity contribution < 1.29 is 20.4 Å². The van der Waals surface area contributed by atoms with Crippen molar-refractivity contribution in [1.29, 1.82) is 0 Å². The normalized spacial score (nSPS) is 10.9. The van der Waals surface area contributed by atoms with E-state index < -0.39 is 0 Å². The SMILES string of the molecule is Oc1c2c#cc3cccc(c#cc4cc5ccccc5c(c4O)c4c(O)c(c#cc5cccc(c#cc6cc7ccccc7c(c6O)c1c1ccccc1c2)c5)cc1ccccc14)c3. The Balaban J connectivity index is 1.31. The molecule has 0 atom stereocenters. The van der Waals surface area contributed by atoms with Gasteiger partial charge in [0.25, 0.3) is 0 Å². The summed E-state index contributed by atoms with van der Waals surface area (Å²) < 4.78 is 0. The van der Waals surface area contributed by atoms with Crippen LogP contribution in [0.2, 0.25) is 0 Å². The highest BCUT2D eigenvalue weighted by molar-refractivity contribution is 6.25. The number of phenols is 4. The van der Waals surface area contributed by atoms with Crippen LogP contribution in [0.15, 0.2) is 170 Å². The molecule has 4 heteroatoms. The molecule has 0 saturated heterocycles. The predicted octanol–water partition coefficient (Wildman–Crippen LogP) is 14.4. The lowest BCUT2D eigenvalue weighted by Crippen LogP contribution is -1.82. The van der Waals surface area contributed by atoms with E-state index in [0.717, 1.165) is 43.1 Å². The molecule has 0 heterocycles.